The van der Waals surface area contributed by atoms with Gasteiger partial charge in [-0.15, -0.1) is 0 Å². The van der Waals surface area contributed by atoms with Crippen LogP contribution >= 0.6 is 0 Å². The first-order valence-corrected chi connectivity index (χ1v) is 5.69. The van der Waals surface area contributed by atoms with Crippen LogP contribution in [0.1, 0.15) is 19.8 Å². The Kier molecular flexibility index (Phi) is 3.24. The Balaban J connectivity index is 1.93. The van der Waals surface area contributed by atoms with Crippen LogP contribution in [0.3, 0.4) is 0 Å². The van der Waals surface area contributed by atoms with Crippen molar-refractivity contribution in [3.05, 3.63) is 12.4 Å². The van der Waals surface area contributed by atoms with Gasteiger partial charge in [-0.25, -0.2) is 9.97 Å². The third-order valence-corrected chi connectivity index (χ3v) is 3.21. The van der Waals surface area contributed by atoms with Crippen molar-refractivity contribution in [2.45, 2.75) is 31.8 Å². The van der Waals surface area contributed by atoms with E-state index in [4.69, 9.17) is 5.73 Å². The Morgan fingerprint density at radius 2 is 2.12 bits per heavy atom. The van der Waals surface area contributed by atoms with Gasteiger partial charge in [0.1, 0.15) is 0 Å². The summed E-state index contributed by atoms with van der Waals surface area (Å²) >= 11 is 0. The maximum Gasteiger partial charge on any atom is 0.222 e. The highest BCUT2D eigenvalue weighted by Gasteiger charge is 2.22. The normalized spacial score (nSPS) is 26.6. The van der Waals surface area contributed by atoms with Gasteiger partial charge in [0, 0.05) is 18.6 Å². The Bertz CT molecular complexity index is 337. The van der Waals surface area contributed by atoms with E-state index in [0.29, 0.717) is 23.7 Å². The summed E-state index contributed by atoms with van der Waals surface area (Å²) in [5.41, 5.74) is 6.14. The molecule has 2 unspecified atom stereocenters. The molecular weight excluding hydrogens is 202 g/mol. The molecule has 1 aliphatic rings. The molecule has 16 heavy (non-hydrogen) atoms. The molecule has 0 bridgehead atoms. The summed E-state index contributed by atoms with van der Waals surface area (Å²) in [7, 11) is 2.17. The fourth-order valence-electron chi connectivity index (χ4n) is 2.02. The van der Waals surface area contributed by atoms with Crippen molar-refractivity contribution in [1.29, 1.82) is 0 Å². The predicted octanol–water partition coefficient (Wildman–Crippen LogP) is 0.953. The quantitative estimate of drug-likeness (QED) is 0.778. The molecule has 1 saturated heterocycles. The fraction of sp³-hybridized carbons (Fsp3) is 0.636. The molecule has 2 heterocycles. The average molecular weight is 221 g/mol. The van der Waals surface area contributed by atoms with Crippen LogP contribution in [0.25, 0.3) is 0 Å². The number of nitrogens with zero attached hydrogens (tertiary/aromatic N) is 3. The van der Waals surface area contributed by atoms with Crippen LogP contribution in [0.5, 0.6) is 0 Å². The lowest BCUT2D eigenvalue weighted by Gasteiger charge is -2.35. The predicted molar refractivity (Wildman–Crippen MR) is 65.2 cm³/mol. The summed E-state index contributed by atoms with van der Waals surface area (Å²) in [6, 6.07) is 1.08. The van der Waals surface area contributed by atoms with Gasteiger partial charge in [-0.3, -0.25) is 0 Å². The number of nitrogens with two attached hydrogens (primary N) is 1. The molecule has 3 N–H and O–H groups in total. The van der Waals surface area contributed by atoms with Gasteiger partial charge >= 0.3 is 0 Å². The number of hydrogen-bond acceptors (Lipinski definition) is 5. The van der Waals surface area contributed by atoms with E-state index in [2.05, 4.69) is 34.2 Å². The summed E-state index contributed by atoms with van der Waals surface area (Å²) in [6.45, 7) is 3.37. The molecule has 0 amide bonds. The number of anilines is 2. The van der Waals surface area contributed by atoms with E-state index in [9.17, 15) is 0 Å². The van der Waals surface area contributed by atoms with Crippen molar-refractivity contribution in [3.8, 4) is 0 Å². The zero-order chi connectivity index (χ0) is 11.5. The van der Waals surface area contributed by atoms with Gasteiger partial charge in [0.2, 0.25) is 5.95 Å². The second kappa shape index (κ2) is 4.65. The standard InChI is InChI=1S/C11H19N5/c1-8-5-10(3-4-16(8)2)15-11-13-6-9(12)7-14-11/h6-8,10H,3-5,12H2,1-2H3,(H,13,14,15). The Hall–Kier alpha value is -1.36. The van der Waals surface area contributed by atoms with Gasteiger partial charge in [-0.05, 0) is 26.8 Å². The smallest absolute Gasteiger partial charge is 0.222 e. The van der Waals surface area contributed by atoms with E-state index >= 15 is 0 Å². The Morgan fingerprint density at radius 3 is 2.75 bits per heavy atom. The molecule has 1 aromatic heterocycles. The van der Waals surface area contributed by atoms with Crippen molar-refractivity contribution < 1.29 is 0 Å². The third-order valence-electron chi connectivity index (χ3n) is 3.21. The van der Waals surface area contributed by atoms with Crippen LogP contribution in [0.2, 0.25) is 0 Å². The summed E-state index contributed by atoms with van der Waals surface area (Å²) in [6.07, 6.45) is 5.53. The molecule has 0 radical (unpaired) electrons. The zero-order valence-electron chi connectivity index (χ0n) is 9.85. The van der Waals surface area contributed by atoms with Crippen LogP contribution in [-0.2, 0) is 0 Å². The molecule has 2 atom stereocenters. The van der Waals surface area contributed by atoms with E-state index in [1.807, 2.05) is 0 Å². The maximum absolute atomic E-state index is 5.54. The molecule has 1 aliphatic heterocycles. The topological polar surface area (TPSA) is 67.1 Å². The van der Waals surface area contributed by atoms with E-state index in [-0.39, 0.29) is 0 Å². The number of rotatable bonds is 2. The molecule has 88 valence electrons. The molecule has 0 spiro atoms. The van der Waals surface area contributed by atoms with Gasteiger partial charge in [0.15, 0.2) is 0 Å². The number of piperidine rings is 1. The summed E-state index contributed by atoms with van der Waals surface area (Å²) in [4.78, 5) is 10.7. The first-order chi connectivity index (χ1) is 7.65. The fourth-order valence-corrected chi connectivity index (χ4v) is 2.02. The summed E-state index contributed by atoms with van der Waals surface area (Å²) in [5.74, 6) is 0.677. The highest BCUT2D eigenvalue weighted by molar-refractivity contribution is 5.36. The van der Waals surface area contributed by atoms with E-state index in [1.165, 1.54) is 0 Å². The van der Waals surface area contributed by atoms with Gasteiger partial charge in [0.25, 0.3) is 0 Å². The first kappa shape index (κ1) is 11.1. The zero-order valence-corrected chi connectivity index (χ0v) is 9.85. The monoisotopic (exact) mass is 221 g/mol. The minimum Gasteiger partial charge on any atom is -0.396 e. The third kappa shape index (κ3) is 2.61. The Labute approximate surface area is 96.1 Å². The van der Waals surface area contributed by atoms with Crippen LogP contribution in [-0.4, -0.2) is 40.5 Å². The highest BCUT2D eigenvalue weighted by atomic mass is 15.2. The van der Waals surface area contributed by atoms with Crippen molar-refractivity contribution in [3.63, 3.8) is 0 Å². The van der Waals surface area contributed by atoms with Crippen molar-refractivity contribution in [1.82, 2.24) is 14.9 Å². The van der Waals surface area contributed by atoms with Gasteiger partial charge < -0.3 is 16.0 Å². The van der Waals surface area contributed by atoms with Crippen LogP contribution in [0, 0.1) is 0 Å². The van der Waals surface area contributed by atoms with Crippen LogP contribution in [0.4, 0.5) is 11.6 Å². The molecule has 5 nitrogen and oxygen atoms in total. The van der Waals surface area contributed by atoms with Crippen LogP contribution in [0.15, 0.2) is 12.4 Å². The van der Waals surface area contributed by atoms with Crippen molar-refractivity contribution in [2.75, 3.05) is 24.6 Å². The summed E-state index contributed by atoms with van der Waals surface area (Å²) in [5, 5.41) is 3.35. The molecular formula is C11H19N5. The lowest BCUT2D eigenvalue weighted by Crippen LogP contribution is -2.42. The van der Waals surface area contributed by atoms with Gasteiger partial charge in [-0.2, -0.15) is 0 Å². The minimum atomic E-state index is 0.467. The Morgan fingerprint density at radius 1 is 1.44 bits per heavy atom. The molecule has 0 aromatic carbocycles. The second-order valence-corrected chi connectivity index (χ2v) is 4.54. The van der Waals surface area contributed by atoms with Crippen molar-refractivity contribution in [2.24, 2.45) is 0 Å². The van der Waals surface area contributed by atoms with E-state index in [1.54, 1.807) is 12.4 Å². The van der Waals surface area contributed by atoms with Crippen LogP contribution < -0.4 is 11.1 Å². The molecule has 2 rings (SSSR count). The van der Waals surface area contributed by atoms with E-state index < -0.39 is 0 Å². The lowest BCUT2D eigenvalue weighted by atomic mass is 9.99. The number of nitrogens with one attached hydrogen (secondary N) is 1. The maximum atomic E-state index is 5.54. The molecule has 1 fully saturated rings. The highest BCUT2D eigenvalue weighted by Crippen LogP contribution is 2.18. The van der Waals surface area contributed by atoms with Gasteiger partial charge in [-0.1, -0.05) is 0 Å². The van der Waals surface area contributed by atoms with Crippen molar-refractivity contribution >= 4 is 11.6 Å². The number of hydrogen-bond donors (Lipinski definition) is 2. The largest absolute Gasteiger partial charge is 0.396 e. The molecule has 5 heteroatoms. The number of likely N-dealkylation sites (tertiary alicyclic amines) is 1. The molecule has 0 aliphatic carbocycles. The van der Waals surface area contributed by atoms with Gasteiger partial charge in [0.05, 0.1) is 18.1 Å². The first-order valence-electron chi connectivity index (χ1n) is 5.69. The number of aromatic nitrogens is 2. The lowest BCUT2D eigenvalue weighted by molar-refractivity contribution is 0.190. The van der Waals surface area contributed by atoms with E-state index in [0.717, 1.165) is 19.4 Å². The number of nitrogen functional groups attached to an aromatic ring is 1. The minimum absolute atomic E-state index is 0.467. The molecule has 1 aromatic rings. The second-order valence-electron chi connectivity index (χ2n) is 4.54. The SMILES string of the molecule is CC1CC(Nc2ncc(N)cn2)CCN1C. The molecule has 0 saturated carbocycles. The average Bonchev–Trinajstić information content (AvgIpc) is 2.27. The summed E-state index contributed by atoms with van der Waals surface area (Å²) < 4.78 is 0.